The van der Waals surface area contributed by atoms with Gasteiger partial charge in [-0.15, -0.1) is 11.3 Å². The van der Waals surface area contributed by atoms with Crippen LogP contribution in [0.25, 0.3) is 0 Å². The molecule has 1 heterocycles. The van der Waals surface area contributed by atoms with Gasteiger partial charge < -0.3 is 14.4 Å². The molecular formula is C21H30N2O3S. The summed E-state index contributed by atoms with van der Waals surface area (Å²) in [5.41, 5.74) is 2.02. The maximum Gasteiger partial charge on any atom is 0.223 e. The largest absolute Gasteiger partial charge is 0.486 e. The van der Waals surface area contributed by atoms with E-state index in [1.54, 1.807) is 18.4 Å². The summed E-state index contributed by atoms with van der Waals surface area (Å²) in [7, 11) is 1.68. The molecule has 1 aromatic carbocycles. The molecule has 2 rings (SSSR count). The Kier molecular flexibility index (Phi) is 8.75. The molecule has 0 fully saturated rings. The summed E-state index contributed by atoms with van der Waals surface area (Å²) in [5, 5.41) is 2.93. The van der Waals surface area contributed by atoms with E-state index in [9.17, 15) is 4.79 Å². The number of ether oxygens (including phenoxy) is 2. The van der Waals surface area contributed by atoms with Gasteiger partial charge >= 0.3 is 0 Å². The van der Waals surface area contributed by atoms with E-state index in [2.05, 4.69) is 18.8 Å². The minimum Gasteiger partial charge on any atom is -0.486 e. The third kappa shape index (κ3) is 7.31. The molecule has 0 spiro atoms. The van der Waals surface area contributed by atoms with E-state index in [4.69, 9.17) is 9.47 Å². The fourth-order valence-corrected chi connectivity index (χ4v) is 3.41. The first-order valence-electron chi connectivity index (χ1n) is 9.38. The lowest BCUT2D eigenvalue weighted by Crippen LogP contribution is -2.33. The smallest absolute Gasteiger partial charge is 0.223 e. The van der Waals surface area contributed by atoms with E-state index >= 15 is 0 Å². The quantitative estimate of drug-likeness (QED) is 0.532. The molecule has 5 nitrogen and oxygen atoms in total. The number of benzene rings is 1. The number of hydrogen-bond donors (Lipinski definition) is 0. The van der Waals surface area contributed by atoms with Gasteiger partial charge in [0.2, 0.25) is 5.91 Å². The molecule has 1 amide bonds. The van der Waals surface area contributed by atoms with Gasteiger partial charge in [0.1, 0.15) is 17.4 Å². The van der Waals surface area contributed by atoms with Crippen molar-refractivity contribution >= 4 is 17.2 Å². The zero-order chi connectivity index (χ0) is 19.6. The summed E-state index contributed by atoms with van der Waals surface area (Å²) in [6.45, 7) is 8.48. The van der Waals surface area contributed by atoms with Crippen molar-refractivity contribution in [2.24, 2.45) is 5.92 Å². The average Bonchev–Trinajstić information content (AvgIpc) is 3.07. The molecular weight excluding hydrogens is 360 g/mol. The Hall–Kier alpha value is -1.92. The van der Waals surface area contributed by atoms with Crippen LogP contribution >= 0.6 is 11.3 Å². The summed E-state index contributed by atoms with van der Waals surface area (Å²) >= 11 is 1.57. The van der Waals surface area contributed by atoms with Gasteiger partial charge in [-0.1, -0.05) is 32.0 Å². The Balaban J connectivity index is 1.95. The molecule has 0 bridgehead atoms. The number of methoxy groups -OCH3 is 1. The summed E-state index contributed by atoms with van der Waals surface area (Å²) in [4.78, 5) is 19.1. The van der Waals surface area contributed by atoms with Gasteiger partial charge in [0.15, 0.2) is 0 Å². The van der Waals surface area contributed by atoms with Gasteiger partial charge in [-0.05, 0) is 30.9 Å². The van der Waals surface area contributed by atoms with Crippen LogP contribution in [0.4, 0.5) is 0 Å². The first kappa shape index (κ1) is 21.4. The van der Waals surface area contributed by atoms with Crippen LogP contribution in [-0.2, 0) is 22.7 Å². The van der Waals surface area contributed by atoms with Crippen LogP contribution in [0.3, 0.4) is 0 Å². The molecule has 1 aromatic heterocycles. The van der Waals surface area contributed by atoms with E-state index in [0.717, 1.165) is 28.4 Å². The van der Waals surface area contributed by atoms with Crippen LogP contribution in [0.15, 0.2) is 29.6 Å². The zero-order valence-corrected chi connectivity index (χ0v) is 17.6. The fourth-order valence-electron chi connectivity index (χ4n) is 2.71. The molecule has 0 saturated carbocycles. The Morgan fingerprint density at radius 3 is 2.78 bits per heavy atom. The highest BCUT2D eigenvalue weighted by Gasteiger charge is 2.17. The number of hydrogen-bond acceptors (Lipinski definition) is 5. The molecule has 6 heteroatoms. The Labute approximate surface area is 166 Å². The second kappa shape index (κ2) is 11.0. The highest BCUT2D eigenvalue weighted by atomic mass is 32.1. The van der Waals surface area contributed by atoms with Crippen LogP contribution in [-0.4, -0.2) is 36.1 Å². The maximum absolute atomic E-state index is 12.5. The Morgan fingerprint density at radius 2 is 2.07 bits per heavy atom. The van der Waals surface area contributed by atoms with Gasteiger partial charge in [0, 0.05) is 32.1 Å². The van der Waals surface area contributed by atoms with E-state index in [1.807, 2.05) is 41.5 Å². The molecule has 0 aliphatic carbocycles. The van der Waals surface area contributed by atoms with Gasteiger partial charge in [0.25, 0.3) is 0 Å². The topological polar surface area (TPSA) is 51.7 Å². The highest BCUT2D eigenvalue weighted by Crippen LogP contribution is 2.20. The van der Waals surface area contributed by atoms with E-state index < -0.39 is 0 Å². The third-order valence-electron chi connectivity index (χ3n) is 4.11. The molecule has 0 atom stereocenters. The van der Waals surface area contributed by atoms with Crippen LogP contribution in [0.5, 0.6) is 5.75 Å². The lowest BCUT2D eigenvalue weighted by Gasteiger charge is -2.22. The summed E-state index contributed by atoms with van der Waals surface area (Å²) < 4.78 is 11.0. The maximum atomic E-state index is 12.5. The number of amides is 1. The Bertz CT molecular complexity index is 715. The van der Waals surface area contributed by atoms with Crippen LogP contribution in [0.1, 0.15) is 43.0 Å². The fraction of sp³-hybridized carbons (Fsp3) is 0.524. The van der Waals surface area contributed by atoms with Gasteiger partial charge in [0.05, 0.1) is 12.2 Å². The normalized spacial score (nSPS) is 11.0. The van der Waals surface area contributed by atoms with Crippen molar-refractivity contribution in [3.05, 3.63) is 45.9 Å². The standard InChI is InChI=1S/C21H30N2O3S/c1-16(2)12-21(24)23(10-7-11-25-4)13-18-15-27-20(22-18)14-26-19-9-6-5-8-17(19)3/h5-6,8-9,15-16H,7,10-14H2,1-4H3. The third-order valence-corrected chi connectivity index (χ3v) is 4.98. The summed E-state index contributed by atoms with van der Waals surface area (Å²) in [6, 6.07) is 7.96. The van der Waals surface area contributed by atoms with Gasteiger partial charge in [-0.2, -0.15) is 0 Å². The lowest BCUT2D eigenvalue weighted by molar-refractivity contribution is -0.132. The van der Waals surface area contributed by atoms with Gasteiger partial charge in [-0.25, -0.2) is 4.98 Å². The predicted molar refractivity (Wildman–Crippen MR) is 109 cm³/mol. The van der Waals surface area contributed by atoms with E-state index in [0.29, 0.717) is 38.6 Å². The van der Waals surface area contributed by atoms with Crippen molar-refractivity contribution in [2.45, 2.75) is 46.8 Å². The predicted octanol–water partition coefficient (Wildman–Crippen LogP) is 4.44. The number of carbonyl (C=O) groups excluding carboxylic acids is 1. The lowest BCUT2D eigenvalue weighted by atomic mass is 10.1. The molecule has 27 heavy (non-hydrogen) atoms. The second-order valence-corrected chi connectivity index (χ2v) is 7.99. The van der Waals surface area contributed by atoms with E-state index in [1.165, 1.54) is 0 Å². The van der Waals surface area contributed by atoms with Crippen LogP contribution in [0, 0.1) is 12.8 Å². The molecule has 148 valence electrons. The van der Waals surface area contributed by atoms with Crippen LogP contribution < -0.4 is 4.74 Å². The number of para-hydroxylation sites is 1. The number of rotatable bonds is 11. The number of thiazole rings is 1. The second-order valence-electron chi connectivity index (χ2n) is 7.05. The van der Waals surface area contributed by atoms with Crippen molar-refractivity contribution in [3.8, 4) is 5.75 Å². The molecule has 0 N–H and O–H groups in total. The first-order valence-corrected chi connectivity index (χ1v) is 10.3. The zero-order valence-electron chi connectivity index (χ0n) is 16.7. The molecule has 2 aromatic rings. The Morgan fingerprint density at radius 1 is 1.30 bits per heavy atom. The number of aryl methyl sites for hydroxylation is 1. The van der Waals surface area contributed by atoms with Gasteiger partial charge in [-0.3, -0.25) is 4.79 Å². The highest BCUT2D eigenvalue weighted by molar-refractivity contribution is 7.09. The van der Waals surface area contributed by atoms with Crippen molar-refractivity contribution in [1.29, 1.82) is 0 Å². The average molecular weight is 391 g/mol. The minimum atomic E-state index is 0.173. The number of carbonyl (C=O) groups is 1. The monoisotopic (exact) mass is 390 g/mol. The van der Waals surface area contributed by atoms with Crippen molar-refractivity contribution in [1.82, 2.24) is 9.88 Å². The summed E-state index contributed by atoms with van der Waals surface area (Å²) in [5.74, 6) is 1.39. The molecule has 0 aliphatic heterocycles. The molecule has 0 radical (unpaired) electrons. The molecule has 0 aliphatic rings. The SMILES string of the molecule is COCCCN(Cc1csc(COc2ccccc2C)n1)C(=O)CC(C)C. The first-order chi connectivity index (χ1) is 13.0. The van der Waals surface area contributed by atoms with E-state index in [-0.39, 0.29) is 5.91 Å². The van der Waals surface area contributed by atoms with Crippen LogP contribution in [0.2, 0.25) is 0 Å². The van der Waals surface area contributed by atoms with Crippen molar-refractivity contribution in [3.63, 3.8) is 0 Å². The number of nitrogens with zero attached hydrogens (tertiary/aromatic N) is 2. The van der Waals surface area contributed by atoms with Crippen molar-refractivity contribution in [2.75, 3.05) is 20.3 Å². The van der Waals surface area contributed by atoms with Crippen molar-refractivity contribution < 1.29 is 14.3 Å². The molecule has 0 unspecified atom stereocenters. The molecule has 0 saturated heterocycles. The summed E-state index contributed by atoms with van der Waals surface area (Å²) in [6.07, 6.45) is 1.38. The minimum absolute atomic E-state index is 0.173. The number of aromatic nitrogens is 1.